The first kappa shape index (κ1) is 14.4. The van der Waals surface area contributed by atoms with Gasteiger partial charge in [0.05, 0.1) is 22.0 Å². The minimum atomic E-state index is -0.579. The van der Waals surface area contributed by atoms with Crippen LogP contribution in [0.15, 0.2) is 12.1 Å². The summed E-state index contributed by atoms with van der Waals surface area (Å²) in [7, 11) is 4.11. The van der Waals surface area contributed by atoms with Gasteiger partial charge in [0.2, 0.25) is 0 Å². The molecule has 0 radical (unpaired) electrons. The number of hydrogen-bond acceptors (Lipinski definition) is 4. The molecule has 21 heavy (non-hydrogen) atoms. The molecule has 1 fully saturated rings. The van der Waals surface area contributed by atoms with E-state index in [1.807, 2.05) is 6.07 Å². The number of amides is 1. The maximum atomic E-state index is 11.7. The van der Waals surface area contributed by atoms with Gasteiger partial charge >= 0.3 is 0 Å². The highest BCUT2D eigenvalue weighted by atomic mass is 35.5. The number of likely N-dealkylation sites (N-methyl/N-ethyl adjacent to an activating group) is 1. The molecule has 2 heterocycles. The molecule has 0 aliphatic carbocycles. The Labute approximate surface area is 128 Å². The number of fused-ring (bicyclic) bond motifs is 1. The third-order valence-corrected chi connectivity index (χ3v) is 4.35. The molecule has 112 valence electrons. The maximum Gasteiger partial charge on any atom is 0.296 e. The number of carbonyl (C=O) groups is 2. The summed E-state index contributed by atoms with van der Waals surface area (Å²) in [5.41, 5.74) is 1.84. The lowest BCUT2D eigenvalue weighted by Gasteiger charge is -2.30. The average Bonchev–Trinajstić information content (AvgIpc) is 2.96. The van der Waals surface area contributed by atoms with Crippen LogP contribution in [-0.4, -0.2) is 49.8 Å². The molecule has 1 N–H and O–H groups in total. The Morgan fingerprint density at radius 3 is 2.86 bits per heavy atom. The standard InChI is InChI=1S/C15H18ClN3O2/c1-18(2)8-9-4-3-5-19(9)13-7-12-10(6-11(13)16)14(20)15(21)17-12/h6-7,9H,3-5,8H2,1-2H3,(H,17,20,21). The zero-order chi connectivity index (χ0) is 15.1. The lowest BCUT2D eigenvalue weighted by Crippen LogP contribution is -2.37. The van der Waals surface area contributed by atoms with E-state index in [0.29, 0.717) is 22.3 Å². The fraction of sp³-hybridized carbons (Fsp3) is 0.467. The quantitative estimate of drug-likeness (QED) is 0.868. The van der Waals surface area contributed by atoms with E-state index in [2.05, 4.69) is 29.2 Å². The second-order valence-corrected chi connectivity index (χ2v) is 6.29. The zero-order valence-corrected chi connectivity index (χ0v) is 12.9. The van der Waals surface area contributed by atoms with Crippen molar-refractivity contribution in [1.29, 1.82) is 0 Å². The third kappa shape index (κ3) is 2.51. The van der Waals surface area contributed by atoms with E-state index in [1.165, 1.54) is 0 Å². The van der Waals surface area contributed by atoms with E-state index in [4.69, 9.17) is 11.6 Å². The van der Waals surface area contributed by atoms with E-state index in [9.17, 15) is 9.59 Å². The molecule has 0 aromatic heterocycles. The minimum Gasteiger partial charge on any atom is -0.366 e. The van der Waals surface area contributed by atoms with Crippen molar-refractivity contribution in [2.45, 2.75) is 18.9 Å². The summed E-state index contributed by atoms with van der Waals surface area (Å²) in [5.74, 6) is -1.09. The summed E-state index contributed by atoms with van der Waals surface area (Å²) in [4.78, 5) is 27.6. The fourth-order valence-electron chi connectivity index (χ4n) is 3.14. The third-order valence-electron chi connectivity index (χ3n) is 4.05. The van der Waals surface area contributed by atoms with Crippen LogP contribution in [-0.2, 0) is 4.79 Å². The van der Waals surface area contributed by atoms with Crippen LogP contribution in [0.5, 0.6) is 0 Å². The Hall–Kier alpha value is -1.59. The molecule has 1 amide bonds. The van der Waals surface area contributed by atoms with Gasteiger partial charge in [-0.05, 0) is 39.1 Å². The minimum absolute atomic E-state index is 0.372. The predicted octanol–water partition coefficient (Wildman–Crippen LogP) is 2.01. The van der Waals surface area contributed by atoms with E-state index < -0.39 is 11.7 Å². The number of nitrogens with one attached hydrogen (secondary N) is 1. The Balaban J connectivity index is 1.95. The van der Waals surface area contributed by atoms with Crippen molar-refractivity contribution in [3.05, 3.63) is 22.7 Å². The van der Waals surface area contributed by atoms with Crippen LogP contribution < -0.4 is 10.2 Å². The second-order valence-electron chi connectivity index (χ2n) is 5.88. The van der Waals surface area contributed by atoms with Crippen molar-refractivity contribution < 1.29 is 9.59 Å². The molecule has 0 saturated carbocycles. The average molecular weight is 308 g/mol. The number of carbonyl (C=O) groups excluding carboxylic acids is 2. The van der Waals surface area contributed by atoms with E-state index in [0.717, 1.165) is 31.6 Å². The largest absolute Gasteiger partial charge is 0.366 e. The van der Waals surface area contributed by atoms with Crippen LogP contribution in [0, 0.1) is 0 Å². The lowest BCUT2D eigenvalue weighted by atomic mass is 10.1. The molecular formula is C15H18ClN3O2. The Morgan fingerprint density at radius 1 is 1.38 bits per heavy atom. The summed E-state index contributed by atoms with van der Waals surface area (Å²) >= 11 is 6.36. The highest BCUT2D eigenvalue weighted by Gasteiger charge is 2.32. The number of benzene rings is 1. The number of hydrogen-bond donors (Lipinski definition) is 1. The van der Waals surface area contributed by atoms with Crippen molar-refractivity contribution in [1.82, 2.24) is 4.90 Å². The predicted molar refractivity (Wildman–Crippen MR) is 83.3 cm³/mol. The fourth-order valence-corrected chi connectivity index (χ4v) is 3.41. The first-order valence-corrected chi connectivity index (χ1v) is 7.46. The normalized spacial score (nSPS) is 21.1. The molecule has 1 aromatic rings. The first-order valence-electron chi connectivity index (χ1n) is 7.08. The van der Waals surface area contributed by atoms with Gasteiger partial charge in [-0.2, -0.15) is 0 Å². The Bertz CT molecular complexity index is 615. The van der Waals surface area contributed by atoms with Gasteiger partial charge in [-0.15, -0.1) is 0 Å². The summed E-state index contributed by atoms with van der Waals surface area (Å²) < 4.78 is 0. The van der Waals surface area contributed by atoms with Crippen LogP contribution >= 0.6 is 11.6 Å². The highest BCUT2D eigenvalue weighted by molar-refractivity contribution is 6.52. The van der Waals surface area contributed by atoms with Gasteiger partial charge in [0.25, 0.3) is 11.7 Å². The second kappa shape index (κ2) is 5.31. The molecule has 6 heteroatoms. The van der Waals surface area contributed by atoms with Gasteiger partial charge in [0, 0.05) is 19.1 Å². The summed E-state index contributed by atoms with van der Waals surface area (Å²) in [6, 6.07) is 3.84. The molecular weight excluding hydrogens is 290 g/mol. The first-order chi connectivity index (χ1) is 9.97. The van der Waals surface area contributed by atoms with Crippen molar-refractivity contribution in [2.24, 2.45) is 0 Å². The Kier molecular flexibility index (Phi) is 3.63. The summed E-state index contributed by atoms with van der Waals surface area (Å²) in [6.07, 6.45) is 2.24. The molecule has 1 aromatic carbocycles. The molecule has 2 aliphatic heterocycles. The molecule has 0 bridgehead atoms. The summed E-state index contributed by atoms with van der Waals surface area (Å²) in [6.45, 7) is 1.90. The monoisotopic (exact) mass is 307 g/mol. The van der Waals surface area contributed by atoms with E-state index in [1.54, 1.807) is 6.07 Å². The van der Waals surface area contributed by atoms with Gasteiger partial charge in [0.15, 0.2) is 0 Å². The smallest absolute Gasteiger partial charge is 0.296 e. The topological polar surface area (TPSA) is 52.7 Å². The van der Waals surface area contributed by atoms with Crippen LogP contribution in [0.2, 0.25) is 5.02 Å². The Morgan fingerprint density at radius 2 is 2.14 bits per heavy atom. The molecule has 2 aliphatic rings. The summed E-state index contributed by atoms with van der Waals surface area (Å²) in [5, 5.41) is 3.14. The molecule has 1 unspecified atom stereocenters. The van der Waals surface area contributed by atoms with E-state index >= 15 is 0 Å². The number of Topliss-reactive ketones (excluding diaryl/α,β-unsaturated/α-hetero) is 1. The number of halogens is 1. The number of rotatable bonds is 3. The molecule has 0 spiro atoms. The van der Waals surface area contributed by atoms with Gasteiger partial charge in [0.1, 0.15) is 0 Å². The van der Waals surface area contributed by atoms with Gasteiger partial charge in [-0.3, -0.25) is 9.59 Å². The number of nitrogens with zero attached hydrogens (tertiary/aromatic N) is 2. The van der Waals surface area contributed by atoms with Crippen molar-refractivity contribution in [3.8, 4) is 0 Å². The maximum absolute atomic E-state index is 11.7. The number of anilines is 2. The van der Waals surface area contributed by atoms with Crippen molar-refractivity contribution >= 4 is 34.7 Å². The van der Waals surface area contributed by atoms with Gasteiger partial charge in [-0.1, -0.05) is 11.6 Å². The van der Waals surface area contributed by atoms with Crippen LogP contribution in [0.3, 0.4) is 0 Å². The zero-order valence-electron chi connectivity index (χ0n) is 12.1. The van der Waals surface area contributed by atoms with Crippen LogP contribution in [0.4, 0.5) is 11.4 Å². The number of ketones is 1. The van der Waals surface area contributed by atoms with Gasteiger partial charge < -0.3 is 15.1 Å². The molecule has 1 saturated heterocycles. The lowest BCUT2D eigenvalue weighted by molar-refractivity contribution is -0.112. The highest BCUT2D eigenvalue weighted by Crippen LogP contribution is 2.38. The molecule has 3 rings (SSSR count). The van der Waals surface area contributed by atoms with Crippen LogP contribution in [0.25, 0.3) is 0 Å². The molecule has 1 atom stereocenters. The molecule has 5 nitrogen and oxygen atoms in total. The SMILES string of the molecule is CN(C)CC1CCCN1c1cc2c(cc1Cl)C(=O)C(=O)N2. The van der Waals surface area contributed by atoms with E-state index in [-0.39, 0.29) is 0 Å². The van der Waals surface area contributed by atoms with Gasteiger partial charge in [-0.25, -0.2) is 0 Å². The van der Waals surface area contributed by atoms with Crippen molar-refractivity contribution in [2.75, 3.05) is 37.4 Å². The van der Waals surface area contributed by atoms with Crippen molar-refractivity contribution in [3.63, 3.8) is 0 Å². The van der Waals surface area contributed by atoms with Crippen LogP contribution in [0.1, 0.15) is 23.2 Å².